The third kappa shape index (κ3) is 7.16. The summed E-state index contributed by atoms with van der Waals surface area (Å²) in [6, 6.07) is 19.8. The van der Waals surface area contributed by atoms with Crippen molar-refractivity contribution < 1.29 is 28.6 Å². The number of oxazole rings is 1. The van der Waals surface area contributed by atoms with Gasteiger partial charge in [0, 0.05) is 12.4 Å². The number of aromatic nitrogens is 1. The lowest BCUT2D eigenvalue weighted by molar-refractivity contribution is -0.904. The average Bonchev–Trinajstić information content (AvgIpc) is 3.34. The van der Waals surface area contributed by atoms with Crippen LogP contribution in [0, 0.1) is 5.92 Å². The molecule has 7 nitrogen and oxygen atoms in total. The maximum atomic E-state index is 12.0. The van der Waals surface area contributed by atoms with E-state index in [0.29, 0.717) is 23.5 Å². The molecule has 0 spiro atoms. The normalized spacial score (nSPS) is 16.0. The van der Waals surface area contributed by atoms with Gasteiger partial charge in [0.2, 0.25) is 5.89 Å². The Bertz CT molecular complexity index is 1020. The number of carboxylic acid groups (broad SMARTS) is 1. The third-order valence-corrected chi connectivity index (χ3v) is 6.58. The molecule has 0 radical (unpaired) electrons. The minimum atomic E-state index is -1.19. The highest BCUT2D eigenvalue weighted by Gasteiger charge is 2.44. The van der Waals surface area contributed by atoms with Gasteiger partial charge in [-0.25, -0.2) is 4.98 Å². The van der Waals surface area contributed by atoms with Gasteiger partial charge in [-0.05, 0) is 30.5 Å². The molecule has 1 fully saturated rings. The van der Waals surface area contributed by atoms with E-state index >= 15 is 0 Å². The second kappa shape index (κ2) is 12.5. The van der Waals surface area contributed by atoms with Crippen molar-refractivity contribution in [3.05, 3.63) is 84.1 Å². The van der Waals surface area contributed by atoms with Crippen LogP contribution in [0.1, 0.15) is 49.3 Å². The molecule has 1 N–H and O–H groups in total. The van der Waals surface area contributed by atoms with Gasteiger partial charge in [-0.1, -0.05) is 67.8 Å². The Balaban J connectivity index is 0.00000108. The number of para-hydroxylation sites is 1. The predicted molar refractivity (Wildman–Crippen MR) is 131 cm³/mol. The van der Waals surface area contributed by atoms with Crippen molar-refractivity contribution in [3.8, 4) is 5.75 Å². The van der Waals surface area contributed by atoms with Crippen LogP contribution in [0.25, 0.3) is 0 Å². The van der Waals surface area contributed by atoms with E-state index in [9.17, 15) is 5.11 Å². The third-order valence-electron chi connectivity index (χ3n) is 6.58. The van der Waals surface area contributed by atoms with E-state index in [0.717, 1.165) is 49.3 Å². The first kappa shape index (κ1) is 26.4. The van der Waals surface area contributed by atoms with Crippen molar-refractivity contribution in [3.63, 3.8) is 0 Å². The SMILES string of the molecule is C[N+](C)(CCOc1ccccc1)Cc1cnc([C@](O)(c2ccccc2)C2CCCCC2)o1.O=C[O-]. The standard InChI is InChI=1S/C27H35N2O3.CH2O2/c1-29(2,18-19-31-24-16-10-5-11-17-24)21-25-20-28-26(32-25)27(30,22-12-6-3-7-13-22)23-14-8-4-9-15-23;2-1-3/h3,5-7,10-13,16-17,20,23,30H,4,8-9,14-15,18-19,21H2,1-2H3;1H,(H,2,3)/q+1;/p-1/t27-;/m0./s1. The number of ether oxygens (including phenoxy) is 1. The topological polar surface area (TPSA) is 95.6 Å². The maximum absolute atomic E-state index is 12.0. The van der Waals surface area contributed by atoms with Gasteiger partial charge in [0.05, 0.1) is 20.3 Å². The molecule has 7 heteroatoms. The number of likely N-dealkylation sites (N-methyl/N-ethyl adjacent to an activating group) is 1. The molecule has 2 aromatic carbocycles. The molecule has 0 unspecified atom stereocenters. The smallest absolute Gasteiger partial charge is 0.231 e. The average molecular weight is 481 g/mol. The van der Waals surface area contributed by atoms with E-state index < -0.39 is 12.1 Å². The van der Waals surface area contributed by atoms with Crippen molar-refractivity contribution >= 4 is 6.47 Å². The van der Waals surface area contributed by atoms with Crippen molar-refractivity contribution in [2.75, 3.05) is 27.2 Å². The molecule has 1 aromatic heterocycles. The zero-order chi connectivity index (χ0) is 25.2. The van der Waals surface area contributed by atoms with Gasteiger partial charge < -0.3 is 28.6 Å². The van der Waals surface area contributed by atoms with Crippen molar-refractivity contribution in [2.24, 2.45) is 5.92 Å². The number of hydrogen-bond acceptors (Lipinski definition) is 6. The van der Waals surface area contributed by atoms with E-state index in [2.05, 4.69) is 19.1 Å². The lowest BCUT2D eigenvalue weighted by Gasteiger charge is -2.36. The number of carbonyl (C=O) groups is 1. The van der Waals surface area contributed by atoms with Gasteiger partial charge >= 0.3 is 0 Å². The van der Waals surface area contributed by atoms with Crippen LogP contribution >= 0.6 is 0 Å². The molecule has 0 amide bonds. The van der Waals surface area contributed by atoms with Gasteiger partial charge in [-0.15, -0.1) is 0 Å². The van der Waals surface area contributed by atoms with Crippen LogP contribution < -0.4 is 9.84 Å². The zero-order valence-electron chi connectivity index (χ0n) is 20.6. The summed E-state index contributed by atoms with van der Waals surface area (Å²) in [6.45, 7) is 1.63. The summed E-state index contributed by atoms with van der Waals surface area (Å²) in [4.78, 5) is 12.8. The Morgan fingerprint density at radius 3 is 2.31 bits per heavy atom. The predicted octanol–water partition coefficient (Wildman–Crippen LogP) is 3.51. The number of nitrogens with zero attached hydrogens (tertiary/aromatic N) is 2. The van der Waals surface area contributed by atoms with Gasteiger partial charge in [-0.3, -0.25) is 0 Å². The summed E-state index contributed by atoms with van der Waals surface area (Å²) in [5.74, 6) is 2.21. The number of quaternary nitrogens is 1. The minimum Gasteiger partial charge on any atom is -0.554 e. The molecule has 3 aromatic rings. The molecule has 35 heavy (non-hydrogen) atoms. The van der Waals surface area contributed by atoms with E-state index in [1.54, 1.807) is 6.20 Å². The Labute approximate surface area is 207 Å². The molecule has 1 aliphatic rings. The van der Waals surface area contributed by atoms with E-state index in [4.69, 9.17) is 19.1 Å². The number of benzene rings is 2. The molecule has 1 aliphatic carbocycles. The highest BCUT2D eigenvalue weighted by molar-refractivity contribution is 5.30. The van der Waals surface area contributed by atoms with Crippen LogP contribution in [0.15, 0.2) is 71.3 Å². The number of hydrogen-bond donors (Lipinski definition) is 1. The maximum Gasteiger partial charge on any atom is 0.231 e. The molecule has 4 rings (SSSR count). The summed E-state index contributed by atoms with van der Waals surface area (Å²) in [5.41, 5.74) is -0.321. The molecular weight excluding hydrogens is 444 g/mol. The molecular formula is C28H36N2O5. The van der Waals surface area contributed by atoms with Crippen molar-refractivity contribution in [1.82, 2.24) is 4.98 Å². The van der Waals surface area contributed by atoms with Crippen LogP contribution in [-0.2, 0) is 16.9 Å². The van der Waals surface area contributed by atoms with Crippen LogP contribution in [0.4, 0.5) is 0 Å². The largest absolute Gasteiger partial charge is 0.554 e. The Hall–Kier alpha value is -3.16. The van der Waals surface area contributed by atoms with Crippen LogP contribution in [0.2, 0.25) is 0 Å². The van der Waals surface area contributed by atoms with E-state index in [1.807, 2.05) is 60.7 Å². The fourth-order valence-corrected chi connectivity index (χ4v) is 4.73. The van der Waals surface area contributed by atoms with Gasteiger partial charge in [0.15, 0.2) is 11.4 Å². The summed E-state index contributed by atoms with van der Waals surface area (Å²) < 4.78 is 12.8. The quantitative estimate of drug-likeness (QED) is 0.372. The van der Waals surface area contributed by atoms with Gasteiger partial charge in [0.1, 0.15) is 25.4 Å². The molecule has 0 saturated heterocycles. The van der Waals surface area contributed by atoms with Gasteiger partial charge in [-0.2, -0.15) is 0 Å². The van der Waals surface area contributed by atoms with Crippen LogP contribution in [0.5, 0.6) is 5.75 Å². The van der Waals surface area contributed by atoms with Crippen LogP contribution in [-0.4, -0.2) is 48.3 Å². The van der Waals surface area contributed by atoms with E-state index in [-0.39, 0.29) is 5.92 Å². The molecule has 1 saturated carbocycles. The monoisotopic (exact) mass is 480 g/mol. The second-order valence-electron chi connectivity index (χ2n) is 9.67. The minimum absolute atomic E-state index is 0.118. The Kier molecular flexibility index (Phi) is 9.46. The lowest BCUT2D eigenvalue weighted by Crippen LogP contribution is -2.42. The Morgan fingerprint density at radius 1 is 1.09 bits per heavy atom. The number of aliphatic hydroxyl groups is 1. The highest BCUT2D eigenvalue weighted by Crippen LogP contribution is 2.43. The highest BCUT2D eigenvalue weighted by atomic mass is 16.5. The first-order valence-corrected chi connectivity index (χ1v) is 12.2. The summed E-state index contributed by atoms with van der Waals surface area (Å²) >= 11 is 0. The molecule has 0 bridgehead atoms. The molecule has 1 heterocycles. The van der Waals surface area contributed by atoms with E-state index in [1.165, 1.54) is 6.42 Å². The molecule has 188 valence electrons. The molecule has 1 atom stereocenters. The first-order valence-electron chi connectivity index (χ1n) is 12.2. The summed E-state index contributed by atoms with van der Waals surface area (Å²) in [7, 11) is 4.31. The summed E-state index contributed by atoms with van der Waals surface area (Å²) in [5, 5.41) is 20.2. The summed E-state index contributed by atoms with van der Waals surface area (Å²) in [6.07, 6.45) is 7.26. The van der Waals surface area contributed by atoms with Gasteiger partial charge in [0.25, 0.3) is 0 Å². The Morgan fingerprint density at radius 2 is 1.69 bits per heavy atom. The second-order valence-corrected chi connectivity index (χ2v) is 9.67. The lowest BCUT2D eigenvalue weighted by atomic mass is 9.73. The fourth-order valence-electron chi connectivity index (χ4n) is 4.73. The first-order chi connectivity index (χ1) is 16.9. The van der Waals surface area contributed by atoms with Crippen LogP contribution in [0.3, 0.4) is 0 Å². The zero-order valence-corrected chi connectivity index (χ0v) is 20.6. The molecule has 0 aliphatic heterocycles. The fraction of sp³-hybridized carbons (Fsp3) is 0.429. The number of carbonyl (C=O) groups excluding carboxylic acids is 1. The number of rotatable bonds is 9. The van der Waals surface area contributed by atoms with Crippen molar-refractivity contribution in [1.29, 1.82) is 0 Å². The van der Waals surface area contributed by atoms with Crippen molar-refractivity contribution in [2.45, 2.75) is 44.2 Å².